The fourth-order valence-electron chi connectivity index (χ4n) is 5.27. The Morgan fingerprint density at radius 3 is 2.65 bits per heavy atom. The van der Waals surface area contributed by atoms with Gasteiger partial charge in [-0.1, -0.05) is 25.0 Å². The van der Waals surface area contributed by atoms with Crippen LogP contribution in [0.25, 0.3) is 10.9 Å². The van der Waals surface area contributed by atoms with Gasteiger partial charge in [0.05, 0.1) is 18.6 Å². The van der Waals surface area contributed by atoms with Crippen LogP contribution in [0.3, 0.4) is 0 Å². The zero-order valence-corrected chi connectivity index (χ0v) is 18.6. The van der Waals surface area contributed by atoms with Gasteiger partial charge in [0.1, 0.15) is 18.5 Å². The van der Waals surface area contributed by atoms with Gasteiger partial charge >= 0.3 is 12.1 Å². The molecule has 180 valence electrons. The van der Waals surface area contributed by atoms with Crippen LogP contribution in [0.2, 0.25) is 0 Å². The summed E-state index contributed by atoms with van der Waals surface area (Å²) in [5, 5.41) is 10.0. The molecule has 2 heterocycles. The molecule has 0 unspecified atom stereocenters. The Morgan fingerprint density at radius 1 is 1.12 bits per heavy atom. The molecule has 8 heteroatoms. The minimum atomic E-state index is -4.40. The van der Waals surface area contributed by atoms with Crippen LogP contribution in [0.5, 0.6) is 5.75 Å². The van der Waals surface area contributed by atoms with Gasteiger partial charge in [-0.2, -0.15) is 13.2 Å². The number of hydrogen-bond donors (Lipinski definition) is 1. The summed E-state index contributed by atoms with van der Waals surface area (Å²) in [5.74, 6) is -0.409. The lowest BCUT2D eigenvalue weighted by molar-refractivity contribution is -0.141. The number of ether oxygens (including phenoxy) is 2. The number of nitrogens with zero attached hydrogens (tertiary/aromatic N) is 1. The number of aliphatic carboxylic acids is 1. The number of alkyl halides is 3. The van der Waals surface area contributed by atoms with Crippen LogP contribution < -0.4 is 4.74 Å². The maximum Gasteiger partial charge on any atom is 0.416 e. The summed E-state index contributed by atoms with van der Waals surface area (Å²) in [6.07, 6.45) is -1.46. The molecule has 1 aliphatic carbocycles. The molecular weight excluding hydrogens is 447 g/mol. The van der Waals surface area contributed by atoms with E-state index in [2.05, 4.69) is 0 Å². The molecule has 1 aliphatic heterocycles. The maximum atomic E-state index is 13.8. The van der Waals surface area contributed by atoms with Crippen molar-refractivity contribution in [2.45, 2.75) is 63.5 Å². The van der Waals surface area contributed by atoms with Gasteiger partial charge in [-0.3, -0.25) is 4.79 Å². The summed E-state index contributed by atoms with van der Waals surface area (Å²) < 4.78 is 54.8. The Balaban J connectivity index is 1.36. The van der Waals surface area contributed by atoms with Gasteiger partial charge < -0.3 is 19.1 Å². The molecule has 1 N–H and O–H groups in total. The van der Waals surface area contributed by atoms with Gasteiger partial charge in [-0.15, -0.1) is 0 Å². The third-order valence-electron chi connectivity index (χ3n) is 6.85. The molecule has 5 rings (SSSR count). The number of halogens is 3. The van der Waals surface area contributed by atoms with Crippen LogP contribution in [0.1, 0.15) is 66.5 Å². The Labute approximate surface area is 195 Å². The first kappa shape index (κ1) is 22.8. The van der Waals surface area contributed by atoms with Crippen molar-refractivity contribution in [2.24, 2.45) is 0 Å². The van der Waals surface area contributed by atoms with E-state index in [0.29, 0.717) is 30.0 Å². The fourth-order valence-corrected chi connectivity index (χ4v) is 5.27. The predicted octanol–water partition coefficient (Wildman–Crippen LogP) is 6.44. The molecule has 1 saturated carbocycles. The first-order chi connectivity index (χ1) is 16.3. The van der Waals surface area contributed by atoms with E-state index in [1.807, 2.05) is 22.8 Å². The number of hydrogen-bond acceptors (Lipinski definition) is 3. The van der Waals surface area contributed by atoms with Gasteiger partial charge in [-0.25, -0.2) is 0 Å². The number of fused-ring (bicyclic) bond motifs is 3. The zero-order chi connectivity index (χ0) is 23.9. The lowest BCUT2D eigenvalue weighted by Gasteiger charge is -2.24. The average molecular weight is 473 g/mol. The standard InChI is InChI=1S/C26H26F3NO4/c27-26(28,29)21-11-16(5-7-20(21)17-3-1-2-4-17)15-34-19-6-8-22-18(12-19)13-23-24(14-25(31)32)33-10-9-30(22)23/h5-8,11-13,17,24H,1-4,9-10,14-15H2,(H,31,32)/t24-/m1/s1. The van der Waals surface area contributed by atoms with Crippen LogP contribution in [-0.2, 0) is 28.9 Å². The molecule has 3 aromatic rings. The molecule has 5 nitrogen and oxygen atoms in total. The van der Waals surface area contributed by atoms with Gasteiger partial charge in [0.2, 0.25) is 0 Å². The zero-order valence-electron chi connectivity index (χ0n) is 18.6. The summed E-state index contributed by atoms with van der Waals surface area (Å²) in [6.45, 7) is 1.09. The summed E-state index contributed by atoms with van der Waals surface area (Å²) in [4.78, 5) is 11.2. The minimum absolute atomic E-state index is 0.0243. The average Bonchev–Trinajstić information content (AvgIpc) is 3.45. The Kier molecular flexibility index (Phi) is 6.02. The highest BCUT2D eigenvalue weighted by atomic mass is 19.4. The van der Waals surface area contributed by atoms with E-state index >= 15 is 0 Å². The molecule has 0 spiro atoms. The van der Waals surface area contributed by atoms with E-state index in [4.69, 9.17) is 14.6 Å². The lowest BCUT2D eigenvalue weighted by Crippen LogP contribution is -2.22. The summed E-state index contributed by atoms with van der Waals surface area (Å²) in [7, 11) is 0. The van der Waals surface area contributed by atoms with Crippen molar-refractivity contribution in [3.8, 4) is 5.75 Å². The second-order valence-corrected chi connectivity index (χ2v) is 9.09. The van der Waals surface area contributed by atoms with Crippen molar-refractivity contribution in [1.29, 1.82) is 0 Å². The number of benzene rings is 2. The van der Waals surface area contributed by atoms with E-state index in [0.717, 1.165) is 42.3 Å². The number of carboxylic acid groups (broad SMARTS) is 1. The molecule has 1 fully saturated rings. The minimum Gasteiger partial charge on any atom is -0.489 e. The highest BCUT2D eigenvalue weighted by Gasteiger charge is 2.36. The van der Waals surface area contributed by atoms with Crippen molar-refractivity contribution < 1.29 is 32.5 Å². The van der Waals surface area contributed by atoms with Crippen molar-refractivity contribution in [3.05, 3.63) is 64.8 Å². The van der Waals surface area contributed by atoms with Crippen molar-refractivity contribution >= 4 is 16.9 Å². The third kappa shape index (κ3) is 4.51. The second-order valence-electron chi connectivity index (χ2n) is 9.09. The quantitative estimate of drug-likeness (QED) is 0.447. The largest absolute Gasteiger partial charge is 0.489 e. The predicted molar refractivity (Wildman–Crippen MR) is 120 cm³/mol. The monoisotopic (exact) mass is 473 g/mol. The van der Waals surface area contributed by atoms with Crippen molar-refractivity contribution in [2.75, 3.05) is 6.61 Å². The lowest BCUT2D eigenvalue weighted by atomic mass is 9.91. The number of carboxylic acids is 1. The normalized spacial score (nSPS) is 18.9. The molecule has 2 aliphatic rings. The SMILES string of the molecule is O=C(O)C[C@H]1OCCn2c1cc1cc(OCc3ccc(C4CCCC4)c(C(F)(F)F)c3)ccc12. The van der Waals surface area contributed by atoms with Crippen LogP contribution in [-0.4, -0.2) is 22.2 Å². The molecule has 0 radical (unpaired) electrons. The molecule has 0 amide bonds. The highest BCUT2D eigenvalue weighted by Crippen LogP contribution is 2.42. The number of rotatable bonds is 6. The van der Waals surface area contributed by atoms with Gasteiger partial charge in [0.15, 0.2) is 0 Å². The second kappa shape index (κ2) is 8.98. The maximum absolute atomic E-state index is 13.8. The smallest absolute Gasteiger partial charge is 0.416 e. The van der Waals surface area contributed by atoms with Crippen LogP contribution in [0.15, 0.2) is 42.5 Å². The molecule has 0 saturated heterocycles. The first-order valence-corrected chi connectivity index (χ1v) is 11.6. The topological polar surface area (TPSA) is 60.7 Å². The Bertz CT molecular complexity index is 1210. The van der Waals surface area contributed by atoms with Gasteiger partial charge in [0, 0.05) is 23.1 Å². The summed E-state index contributed by atoms with van der Waals surface area (Å²) in [5.41, 5.74) is 2.06. The molecular formula is C26H26F3NO4. The van der Waals surface area contributed by atoms with Crippen molar-refractivity contribution in [3.63, 3.8) is 0 Å². The van der Waals surface area contributed by atoms with Gasteiger partial charge in [0.25, 0.3) is 0 Å². The highest BCUT2D eigenvalue weighted by molar-refractivity contribution is 5.83. The first-order valence-electron chi connectivity index (χ1n) is 11.6. The van der Waals surface area contributed by atoms with Gasteiger partial charge in [-0.05, 0) is 60.2 Å². The number of carbonyl (C=O) groups is 1. The number of aromatic nitrogens is 1. The fraction of sp³-hybridized carbons (Fsp3) is 0.423. The van der Waals surface area contributed by atoms with Crippen molar-refractivity contribution in [1.82, 2.24) is 4.57 Å². The van der Waals surface area contributed by atoms with E-state index in [1.54, 1.807) is 18.2 Å². The van der Waals surface area contributed by atoms with E-state index in [1.165, 1.54) is 6.07 Å². The van der Waals surface area contributed by atoms with Crippen LogP contribution >= 0.6 is 0 Å². The Morgan fingerprint density at radius 2 is 1.91 bits per heavy atom. The molecule has 2 aromatic carbocycles. The Hall–Kier alpha value is -3.00. The van der Waals surface area contributed by atoms with E-state index < -0.39 is 23.8 Å². The van der Waals surface area contributed by atoms with Crippen LogP contribution in [0, 0.1) is 0 Å². The van der Waals surface area contributed by atoms with E-state index in [-0.39, 0.29) is 18.9 Å². The third-order valence-corrected chi connectivity index (χ3v) is 6.85. The molecule has 1 atom stereocenters. The molecule has 34 heavy (non-hydrogen) atoms. The molecule has 0 bridgehead atoms. The van der Waals surface area contributed by atoms with Crippen LogP contribution in [0.4, 0.5) is 13.2 Å². The van der Waals surface area contributed by atoms with E-state index in [9.17, 15) is 18.0 Å². The summed E-state index contributed by atoms with van der Waals surface area (Å²) >= 11 is 0. The molecule has 1 aromatic heterocycles. The summed E-state index contributed by atoms with van der Waals surface area (Å²) in [6, 6.07) is 12.0.